The molecule has 0 aliphatic rings. The minimum Gasteiger partial charge on any atom is -0.0843 e. The van der Waals surface area contributed by atoms with Crippen LogP contribution < -0.4 is 0 Å². The van der Waals surface area contributed by atoms with Crippen LogP contribution in [0.1, 0.15) is 0 Å². The second-order valence-corrected chi connectivity index (χ2v) is 9.66. The van der Waals surface area contributed by atoms with E-state index >= 15 is 0 Å². The molecule has 0 amide bonds. The Morgan fingerprint density at radius 1 is 0.324 bits per heavy atom. The first-order valence-corrected chi connectivity index (χ1v) is 12.1. The minimum atomic E-state index is 0.753. The molecule has 7 aromatic carbocycles. The molecule has 0 bridgehead atoms. The lowest BCUT2D eigenvalue weighted by Crippen LogP contribution is -1.90. The molecular formula is C32H18Cl2. The van der Waals surface area contributed by atoms with E-state index in [2.05, 4.69) is 84.9 Å². The zero-order chi connectivity index (χ0) is 22.8. The molecule has 0 heterocycles. The van der Waals surface area contributed by atoms with Gasteiger partial charge in [0.15, 0.2) is 0 Å². The number of halogens is 2. The van der Waals surface area contributed by atoms with Crippen LogP contribution in [-0.4, -0.2) is 0 Å². The number of benzene rings is 7. The van der Waals surface area contributed by atoms with E-state index in [1.54, 1.807) is 0 Å². The Morgan fingerprint density at radius 2 is 0.676 bits per heavy atom. The molecule has 0 radical (unpaired) electrons. The van der Waals surface area contributed by atoms with Gasteiger partial charge in [-0.2, -0.15) is 0 Å². The molecule has 0 unspecified atom stereocenters. The summed E-state index contributed by atoms with van der Waals surface area (Å²) in [4.78, 5) is 0. The predicted octanol–water partition coefficient (Wildman–Crippen LogP) is 10.4. The fraction of sp³-hybridized carbons (Fsp3) is 0. The normalized spacial score (nSPS) is 11.8. The lowest BCUT2D eigenvalue weighted by Gasteiger charge is -2.18. The monoisotopic (exact) mass is 472 g/mol. The molecule has 34 heavy (non-hydrogen) atoms. The van der Waals surface area contributed by atoms with Gasteiger partial charge >= 0.3 is 0 Å². The summed E-state index contributed by atoms with van der Waals surface area (Å²) in [5, 5.41) is 11.8. The van der Waals surface area contributed by atoms with Gasteiger partial charge in [-0.25, -0.2) is 0 Å². The number of rotatable bonds is 2. The molecule has 0 spiro atoms. The van der Waals surface area contributed by atoms with Gasteiger partial charge in [0.2, 0.25) is 0 Å². The van der Waals surface area contributed by atoms with E-state index < -0.39 is 0 Å². The van der Waals surface area contributed by atoms with Crippen LogP contribution in [0.3, 0.4) is 0 Å². The Bertz CT molecular complexity index is 1690. The summed E-state index contributed by atoms with van der Waals surface area (Å²) in [6.45, 7) is 0. The summed E-state index contributed by atoms with van der Waals surface area (Å²) >= 11 is 12.3. The quantitative estimate of drug-likeness (QED) is 0.173. The van der Waals surface area contributed by atoms with Crippen LogP contribution >= 0.6 is 23.2 Å². The van der Waals surface area contributed by atoms with Crippen molar-refractivity contribution in [1.82, 2.24) is 0 Å². The van der Waals surface area contributed by atoms with Gasteiger partial charge in [0.25, 0.3) is 0 Å². The molecule has 0 aromatic heterocycles. The number of fused-ring (bicyclic) bond motifs is 2. The fourth-order valence-electron chi connectivity index (χ4n) is 5.47. The van der Waals surface area contributed by atoms with Crippen LogP contribution in [0, 0.1) is 0 Å². The molecule has 0 saturated heterocycles. The van der Waals surface area contributed by atoms with E-state index in [0.717, 1.165) is 10.0 Å². The average Bonchev–Trinajstić information content (AvgIpc) is 2.88. The maximum absolute atomic E-state index is 6.16. The third-order valence-corrected chi connectivity index (χ3v) is 7.48. The Balaban J connectivity index is 1.61. The van der Waals surface area contributed by atoms with E-state index in [-0.39, 0.29) is 0 Å². The van der Waals surface area contributed by atoms with Crippen molar-refractivity contribution in [3.63, 3.8) is 0 Å². The summed E-state index contributed by atoms with van der Waals surface area (Å²) in [6.07, 6.45) is 0. The van der Waals surface area contributed by atoms with Gasteiger partial charge in [0.05, 0.1) is 0 Å². The molecule has 0 aliphatic heterocycles. The first-order valence-electron chi connectivity index (χ1n) is 11.3. The number of hydrogen-bond acceptors (Lipinski definition) is 0. The highest BCUT2D eigenvalue weighted by molar-refractivity contribution is 6.35. The zero-order valence-corrected chi connectivity index (χ0v) is 19.7. The van der Waals surface area contributed by atoms with Crippen LogP contribution in [0.25, 0.3) is 65.3 Å². The Hall–Kier alpha value is -3.58. The van der Waals surface area contributed by atoms with Crippen molar-refractivity contribution < 1.29 is 0 Å². The molecule has 0 nitrogen and oxygen atoms in total. The maximum Gasteiger partial charge on any atom is 0.0406 e. The molecule has 7 aromatic rings. The van der Waals surface area contributed by atoms with Crippen molar-refractivity contribution in [1.29, 1.82) is 0 Å². The van der Waals surface area contributed by atoms with Gasteiger partial charge in [0, 0.05) is 10.0 Å². The van der Waals surface area contributed by atoms with Crippen LogP contribution in [0.15, 0.2) is 109 Å². The van der Waals surface area contributed by atoms with Crippen molar-refractivity contribution in [3.05, 3.63) is 119 Å². The van der Waals surface area contributed by atoms with E-state index in [0.29, 0.717) is 0 Å². The summed E-state index contributed by atoms with van der Waals surface area (Å²) in [5.41, 5.74) is 4.81. The lowest BCUT2D eigenvalue weighted by molar-refractivity contribution is 1.66. The smallest absolute Gasteiger partial charge is 0.0406 e. The SMILES string of the molecule is Clc1ccc(-c2ccc3c4cccc5c(-c6ccc(Cl)cc6)ccc(c6cccc2c63)c54)cc1. The highest BCUT2D eigenvalue weighted by Crippen LogP contribution is 2.45. The highest BCUT2D eigenvalue weighted by Gasteiger charge is 2.17. The molecular weight excluding hydrogens is 455 g/mol. The van der Waals surface area contributed by atoms with E-state index in [1.165, 1.54) is 65.3 Å². The predicted molar refractivity (Wildman–Crippen MR) is 149 cm³/mol. The molecule has 2 heteroatoms. The summed E-state index contributed by atoms with van der Waals surface area (Å²) < 4.78 is 0. The first-order chi connectivity index (χ1) is 16.7. The standard InChI is InChI=1S/C32H18Cl2/c33-21-11-7-19(8-12-21)23-15-18-30-28-6-2-4-26-24(20-9-13-22(34)14-10-20)16-17-29(32(26)28)27-5-1-3-25(23)31(27)30/h1-18H. The minimum absolute atomic E-state index is 0.753. The van der Waals surface area contributed by atoms with Crippen LogP contribution in [0.5, 0.6) is 0 Å². The van der Waals surface area contributed by atoms with E-state index in [9.17, 15) is 0 Å². The Kier molecular flexibility index (Phi) is 4.36. The second kappa shape index (κ2) is 7.46. The molecule has 0 atom stereocenters. The van der Waals surface area contributed by atoms with Gasteiger partial charge in [-0.3, -0.25) is 0 Å². The van der Waals surface area contributed by atoms with Crippen LogP contribution in [-0.2, 0) is 0 Å². The molecule has 0 N–H and O–H groups in total. The van der Waals surface area contributed by atoms with Crippen molar-refractivity contribution in [2.75, 3.05) is 0 Å². The van der Waals surface area contributed by atoms with Gasteiger partial charge in [0.1, 0.15) is 0 Å². The summed E-state index contributed by atoms with van der Waals surface area (Å²) in [6, 6.07) is 38.6. The maximum atomic E-state index is 6.16. The van der Waals surface area contributed by atoms with Crippen LogP contribution in [0.4, 0.5) is 0 Å². The topological polar surface area (TPSA) is 0 Å². The van der Waals surface area contributed by atoms with E-state index in [4.69, 9.17) is 23.2 Å². The van der Waals surface area contributed by atoms with E-state index in [1.807, 2.05) is 24.3 Å². The Morgan fingerprint density at radius 3 is 1.09 bits per heavy atom. The fourth-order valence-corrected chi connectivity index (χ4v) is 5.73. The Labute approximate surface area is 207 Å². The second-order valence-electron chi connectivity index (χ2n) is 8.79. The van der Waals surface area contributed by atoms with Gasteiger partial charge in [-0.05, 0) is 89.6 Å². The molecule has 160 valence electrons. The molecule has 0 fully saturated rings. The summed E-state index contributed by atoms with van der Waals surface area (Å²) in [7, 11) is 0. The third-order valence-electron chi connectivity index (χ3n) is 6.97. The zero-order valence-electron chi connectivity index (χ0n) is 18.1. The van der Waals surface area contributed by atoms with Gasteiger partial charge in [-0.1, -0.05) is 108 Å². The van der Waals surface area contributed by atoms with Gasteiger partial charge < -0.3 is 0 Å². The molecule has 7 rings (SSSR count). The van der Waals surface area contributed by atoms with Crippen molar-refractivity contribution >= 4 is 66.3 Å². The molecule has 0 aliphatic carbocycles. The first kappa shape index (κ1) is 19.9. The van der Waals surface area contributed by atoms with Crippen molar-refractivity contribution in [3.8, 4) is 22.3 Å². The number of hydrogen-bond donors (Lipinski definition) is 0. The van der Waals surface area contributed by atoms with Crippen LogP contribution in [0.2, 0.25) is 10.0 Å². The average molecular weight is 473 g/mol. The lowest BCUT2D eigenvalue weighted by atomic mass is 9.85. The largest absolute Gasteiger partial charge is 0.0843 e. The van der Waals surface area contributed by atoms with Gasteiger partial charge in [-0.15, -0.1) is 0 Å². The van der Waals surface area contributed by atoms with Crippen molar-refractivity contribution in [2.45, 2.75) is 0 Å². The summed E-state index contributed by atoms with van der Waals surface area (Å²) in [5.74, 6) is 0. The van der Waals surface area contributed by atoms with Crippen molar-refractivity contribution in [2.24, 2.45) is 0 Å². The molecule has 0 saturated carbocycles. The highest BCUT2D eigenvalue weighted by atomic mass is 35.5. The third kappa shape index (κ3) is 2.86.